The minimum absolute atomic E-state index is 0.0555. The summed E-state index contributed by atoms with van der Waals surface area (Å²) in [4.78, 5) is 37.2. The molecule has 1 heterocycles. The molecule has 0 radical (unpaired) electrons. The molecule has 1 fully saturated rings. The molecule has 3 rings (SSSR count). The maximum Gasteiger partial charge on any atom is 0.329 e. The highest BCUT2D eigenvalue weighted by molar-refractivity contribution is 6.30. The van der Waals surface area contributed by atoms with E-state index in [1.807, 2.05) is 0 Å². The van der Waals surface area contributed by atoms with Crippen LogP contribution in [0.15, 0.2) is 54.2 Å². The molecule has 0 unspecified atom stereocenters. The van der Waals surface area contributed by atoms with Gasteiger partial charge in [-0.1, -0.05) is 23.7 Å². The Balaban J connectivity index is 1.67. The lowest BCUT2D eigenvalue weighted by molar-refractivity contribution is -0.127. The van der Waals surface area contributed by atoms with Gasteiger partial charge < -0.3 is 15.7 Å². The van der Waals surface area contributed by atoms with Gasteiger partial charge in [0.15, 0.2) is 0 Å². The topological polar surface area (TPSA) is 98.7 Å². The van der Waals surface area contributed by atoms with Crippen molar-refractivity contribution >= 4 is 41.2 Å². The maximum absolute atomic E-state index is 12.3. The zero-order valence-corrected chi connectivity index (χ0v) is 14.2. The van der Waals surface area contributed by atoms with E-state index < -0.39 is 24.4 Å². The number of nitrogens with one attached hydrogen (secondary N) is 2. The Morgan fingerprint density at radius 2 is 1.77 bits per heavy atom. The molecule has 0 aliphatic carbocycles. The number of benzene rings is 2. The van der Waals surface area contributed by atoms with Gasteiger partial charge in [0, 0.05) is 10.7 Å². The Kier molecular flexibility index (Phi) is 4.90. The molecule has 0 atom stereocenters. The van der Waals surface area contributed by atoms with Gasteiger partial charge in [-0.15, -0.1) is 0 Å². The molecule has 8 heteroatoms. The Morgan fingerprint density at radius 1 is 1.12 bits per heavy atom. The first kappa shape index (κ1) is 17.5. The van der Waals surface area contributed by atoms with Crippen LogP contribution < -0.4 is 10.6 Å². The Bertz CT molecular complexity index is 892. The first-order valence-corrected chi connectivity index (χ1v) is 7.99. The molecule has 0 spiro atoms. The number of amides is 4. The Hall–Kier alpha value is -3.32. The SMILES string of the molecule is O=C(CN1C(=O)N/C(=C\c2ccc(O)cc2)C1=O)Nc1ccc(Cl)cc1. The van der Waals surface area contributed by atoms with E-state index in [-0.39, 0.29) is 11.4 Å². The van der Waals surface area contributed by atoms with Crippen molar-refractivity contribution in [3.05, 3.63) is 64.8 Å². The summed E-state index contributed by atoms with van der Waals surface area (Å²) in [6.45, 7) is -0.416. The van der Waals surface area contributed by atoms with Gasteiger partial charge in [0.25, 0.3) is 5.91 Å². The lowest BCUT2D eigenvalue weighted by Crippen LogP contribution is -2.38. The summed E-state index contributed by atoms with van der Waals surface area (Å²) in [6, 6.07) is 11.9. The quantitative estimate of drug-likeness (QED) is 0.568. The molecule has 2 aromatic rings. The third-order valence-corrected chi connectivity index (χ3v) is 3.85. The largest absolute Gasteiger partial charge is 0.508 e. The van der Waals surface area contributed by atoms with Crippen molar-refractivity contribution in [2.24, 2.45) is 0 Å². The van der Waals surface area contributed by atoms with Crippen LogP contribution in [0.4, 0.5) is 10.5 Å². The fourth-order valence-electron chi connectivity index (χ4n) is 2.33. The number of anilines is 1. The molecule has 3 N–H and O–H groups in total. The highest BCUT2D eigenvalue weighted by Gasteiger charge is 2.34. The summed E-state index contributed by atoms with van der Waals surface area (Å²) in [7, 11) is 0. The van der Waals surface area contributed by atoms with Crippen molar-refractivity contribution in [1.82, 2.24) is 10.2 Å². The molecule has 132 valence electrons. The molecule has 0 saturated carbocycles. The minimum atomic E-state index is -0.675. The maximum atomic E-state index is 12.3. The molecule has 1 aliphatic heterocycles. The van der Waals surface area contributed by atoms with Gasteiger partial charge in [-0.05, 0) is 48.0 Å². The van der Waals surface area contributed by atoms with Gasteiger partial charge in [0.1, 0.15) is 18.0 Å². The lowest BCUT2D eigenvalue weighted by atomic mass is 10.2. The number of imide groups is 1. The van der Waals surface area contributed by atoms with Crippen LogP contribution in [0.2, 0.25) is 5.02 Å². The minimum Gasteiger partial charge on any atom is -0.508 e. The van der Waals surface area contributed by atoms with E-state index in [2.05, 4.69) is 10.6 Å². The van der Waals surface area contributed by atoms with E-state index >= 15 is 0 Å². The Morgan fingerprint density at radius 3 is 2.42 bits per heavy atom. The van der Waals surface area contributed by atoms with Crippen LogP contribution in [0, 0.1) is 0 Å². The predicted molar refractivity (Wildman–Crippen MR) is 96.4 cm³/mol. The number of carbonyl (C=O) groups excluding carboxylic acids is 3. The van der Waals surface area contributed by atoms with Crippen molar-refractivity contribution in [3.63, 3.8) is 0 Å². The molecular formula is C18H14ClN3O4. The average molecular weight is 372 g/mol. The highest BCUT2D eigenvalue weighted by atomic mass is 35.5. The number of hydrogen-bond acceptors (Lipinski definition) is 4. The number of phenols is 1. The molecule has 0 aromatic heterocycles. The Labute approximate surface area is 153 Å². The van der Waals surface area contributed by atoms with Crippen LogP contribution in [0.1, 0.15) is 5.56 Å². The van der Waals surface area contributed by atoms with Crippen LogP contribution in [0.25, 0.3) is 6.08 Å². The number of carbonyl (C=O) groups is 3. The summed E-state index contributed by atoms with van der Waals surface area (Å²) in [5, 5.41) is 14.8. The summed E-state index contributed by atoms with van der Waals surface area (Å²) >= 11 is 5.78. The van der Waals surface area contributed by atoms with E-state index in [0.717, 1.165) is 4.90 Å². The summed E-state index contributed by atoms with van der Waals surface area (Å²) in [6.07, 6.45) is 1.47. The molecule has 26 heavy (non-hydrogen) atoms. The molecule has 7 nitrogen and oxygen atoms in total. The number of urea groups is 1. The van der Waals surface area contributed by atoms with Gasteiger partial charge in [0.2, 0.25) is 5.91 Å². The number of hydrogen-bond donors (Lipinski definition) is 3. The van der Waals surface area contributed by atoms with E-state index in [1.165, 1.54) is 18.2 Å². The van der Waals surface area contributed by atoms with Crippen LogP contribution in [-0.4, -0.2) is 34.4 Å². The average Bonchev–Trinajstić information content (AvgIpc) is 2.86. The molecule has 1 aliphatic rings. The molecule has 0 bridgehead atoms. The van der Waals surface area contributed by atoms with Crippen LogP contribution in [0.5, 0.6) is 5.75 Å². The zero-order chi connectivity index (χ0) is 18.7. The second-order valence-electron chi connectivity index (χ2n) is 5.53. The molecular weight excluding hydrogens is 358 g/mol. The van der Waals surface area contributed by atoms with Gasteiger partial charge in [-0.25, -0.2) is 9.69 Å². The van der Waals surface area contributed by atoms with Gasteiger partial charge >= 0.3 is 6.03 Å². The second kappa shape index (κ2) is 7.28. The van der Waals surface area contributed by atoms with Crippen LogP contribution in [0.3, 0.4) is 0 Å². The first-order chi connectivity index (χ1) is 12.4. The number of rotatable bonds is 4. The van der Waals surface area contributed by atoms with E-state index in [4.69, 9.17) is 11.6 Å². The van der Waals surface area contributed by atoms with Gasteiger partial charge in [-0.3, -0.25) is 9.59 Å². The summed E-state index contributed by atoms with van der Waals surface area (Å²) in [5.74, 6) is -1.02. The van der Waals surface area contributed by atoms with E-state index in [9.17, 15) is 19.5 Å². The number of nitrogens with zero attached hydrogens (tertiary/aromatic N) is 1. The van der Waals surface area contributed by atoms with Crippen LogP contribution in [-0.2, 0) is 9.59 Å². The van der Waals surface area contributed by atoms with E-state index in [1.54, 1.807) is 36.4 Å². The van der Waals surface area contributed by atoms with Crippen molar-refractivity contribution in [2.45, 2.75) is 0 Å². The van der Waals surface area contributed by atoms with Crippen molar-refractivity contribution < 1.29 is 19.5 Å². The summed E-state index contributed by atoms with van der Waals surface area (Å²) in [5.41, 5.74) is 1.19. The third-order valence-electron chi connectivity index (χ3n) is 3.60. The normalized spacial score (nSPS) is 15.3. The molecule has 2 aromatic carbocycles. The number of aromatic hydroxyl groups is 1. The molecule has 1 saturated heterocycles. The van der Waals surface area contributed by atoms with Crippen molar-refractivity contribution in [2.75, 3.05) is 11.9 Å². The van der Waals surface area contributed by atoms with Gasteiger partial charge in [0.05, 0.1) is 0 Å². The van der Waals surface area contributed by atoms with E-state index in [0.29, 0.717) is 16.3 Å². The van der Waals surface area contributed by atoms with Crippen LogP contribution >= 0.6 is 11.6 Å². The second-order valence-corrected chi connectivity index (χ2v) is 5.96. The number of phenolic OH excluding ortho intramolecular Hbond substituents is 1. The number of halogens is 1. The zero-order valence-electron chi connectivity index (χ0n) is 13.4. The first-order valence-electron chi connectivity index (χ1n) is 7.61. The third kappa shape index (κ3) is 4.01. The fourth-order valence-corrected chi connectivity index (χ4v) is 2.46. The highest BCUT2D eigenvalue weighted by Crippen LogP contribution is 2.17. The van der Waals surface area contributed by atoms with Crippen molar-refractivity contribution in [3.8, 4) is 5.75 Å². The lowest BCUT2D eigenvalue weighted by Gasteiger charge is -2.12. The fraction of sp³-hybridized carbons (Fsp3) is 0.0556. The predicted octanol–water partition coefficient (Wildman–Crippen LogP) is 2.58. The smallest absolute Gasteiger partial charge is 0.329 e. The summed E-state index contributed by atoms with van der Waals surface area (Å²) < 4.78 is 0. The monoisotopic (exact) mass is 371 g/mol. The molecule has 4 amide bonds. The van der Waals surface area contributed by atoms with Crippen molar-refractivity contribution in [1.29, 1.82) is 0 Å². The standard InChI is InChI=1S/C18H14ClN3O4/c19-12-3-5-13(6-4-12)20-16(24)10-22-17(25)15(21-18(22)26)9-11-1-7-14(23)8-2-11/h1-9,23H,10H2,(H,20,24)(H,21,26)/b15-9-. The van der Waals surface area contributed by atoms with Gasteiger partial charge in [-0.2, -0.15) is 0 Å².